The minimum Gasteiger partial charge on any atom is -0.322 e. The van der Waals surface area contributed by atoms with Gasteiger partial charge in [0.2, 0.25) is 0 Å². The van der Waals surface area contributed by atoms with E-state index in [0.29, 0.717) is 28.8 Å². The van der Waals surface area contributed by atoms with E-state index in [-0.39, 0.29) is 17.0 Å². The van der Waals surface area contributed by atoms with E-state index in [1.807, 2.05) is 35.9 Å². The summed E-state index contributed by atoms with van der Waals surface area (Å²) in [6, 6.07) is 19.4. The molecule has 1 fully saturated rings. The van der Waals surface area contributed by atoms with Crippen LogP contribution in [0.5, 0.6) is 0 Å². The number of tetrazole rings is 1. The summed E-state index contributed by atoms with van der Waals surface area (Å²) in [4.78, 5) is 40.1. The molecular formula is C26H20N6O3. The van der Waals surface area contributed by atoms with Gasteiger partial charge in [0.1, 0.15) is 0 Å². The van der Waals surface area contributed by atoms with Gasteiger partial charge in [-0.25, -0.2) is 9.58 Å². The lowest BCUT2D eigenvalue weighted by atomic mass is 10.1. The van der Waals surface area contributed by atoms with Crippen molar-refractivity contribution in [3.05, 3.63) is 89.0 Å². The minimum atomic E-state index is -0.438. The largest absolute Gasteiger partial charge is 0.322 e. The molecule has 0 saturated heterocycles. The second-order valence-electron chi connectivity index (χ2n) is 8.70. The highest BCUT2D eigenvalue weighted by Gasteiger charge is 2.37. The number of para-hydroxylation sites is 1. The van der Waals surface area contributed by atoms with Crippen molar-refractivity contribution in [1.82, 2.24) is 20.2 Å². The van der Waals surface area contributed by atoms with E-state index < -0.39 is 11.8 Å². The summed E-state index contributed by atoms with van der Waals surface area (Å²) in [6.07, 6.45) is 2.15. The van der Waals surface area contributed by atoms with E-state index >= 15 is 0 Å². The first-order valence-corrected chi connectivity index (χ1v) is 11.3. The smallest absolute Gasteiger partial charge is 0.266 e. The van der Waals surface area contributed by atoms with Crippen molar-refractivity contribution in [1.29, 1.82) is 0 Å². The van der Waals surface area contributed by atoms with E-state index in [4.69, 9.17) is 0 Å². The number of amides is 3. The summed E-state index contributed by atoms with van der Waals surface area (Å²) in [7, 11) is 0. The molecule has 3 aromatic carbocycles. The molecule has 0 radical (unpaired) electrons. The molecule has 6 rings (SSSR count). The summed E-state index contributed by atoms with van der Waals surface area (Å²) in [6.45, 7) is 1.84. The van der Waals surface area contributed by atoms with Crippen LogP contribution in [0, 0.1) is 6.92 Å². The van der Waals surface area contributed by atoms with Gasteiger partial charge in [-0.05, 0) is 84.3 Å². The number of fused-ring (bicyclic) bond motifs is 1. The highest BCUT2D eigenvalue weighted by Crippen LogP contribution is 2.36. The number of anilines is 2. The Kier molecular flexibility index (Phi) is 4.77. The zero-order chi connectivity index (χ0) is 24.1. The van der Waals surface area contributed by atoms with E-state index in [1.54, 1.807) is 30.3 Å². The number of aryl methyl sites for hydroxylation is 1. The number of imide groups is 1. The third-order valence-corrected chi connectivity index (χ3v) is 6.29. The molecule has 1 aromatic heterocycles. The average molecular weight is 464 g/mol. The number of benzene rings is 3. The van der Waals surface area contributed by atoms with Crippen molar-refractivity contribution in [2.45, 2.75) is 25.8 Å². The van der Waals surface area contributed by atoms with Gasteiger partial charge in [-0.2, -0.15) is 0 Å². The number of aromatic nitrogens is 4. The molecule has 2 heterocycles. The molecule has 3 amide bonds. The molecule has 4 aromatic rings. The van der Waals surface area contributed by atoms with Gasteiger partial charge in [0.05, 0.1) is 22.9 Å². The number of nitrogens with one attached hydrogen (secondary N) is 1. The lowest BCUT2D eigenvalue weighted by Crippen LogP contribution is -2.29. The quantitative estimate of drug-likeness (QED) is 0.447. The Morgan fingerprint density at radius 1 is 0.943 bits per heavy atom. The average Bonchev–Trinajstić information content (AvgIpc) is 3.55. The summed E-state index contributed by atoms with van der Waals surface area (Å²) < 4.78 is 1.83. The number of hydrogen-bond acceptors (Lipinski definition) is 6. The lowest BCUT2D eigenvalue weighted by molar-refractivity contribution is 0.0925. The third-order valence-electron chi connectivity index (χ3n) is 6.29. The monoisotopic (exact) mass is 464 g/mol. The molecule has 1 aliphatic carbocycles. The third kappa shape index (κ3) is 3.57. The van der Waals surface area contributed by atoms with Crippen LogP contribution in [0.15, 0.2) is 66.7 Å². The molecule has 2 aliphatic rings. The number of carbonyl (C=O) groups excluding carboxylic acids is 3. The number of nitrogens with zero attached hydrogens (tertiary/aromatic N) is 5. The lowest BCUT2D eigenvalue weighted by Gasteiger charge is -2.16. The fourth-order valence-electron chi connectivity index (χ4n) is 4.27. The Labute approximate surface area is 200 Å². The van der Waals surface area contributed by atoms with Crippen LogP contribution < -0.4 is 10.2 Å². The van der Waals surface area contributed by atoms with Crippen LogP contribution in [0.4, 0.5) is 11.4 Å². The van der Waals surface area contributed by atoms with Gasteiger partial charge in [0.15, 0.2) is 5.82 Å². The normalized spacial score (nSPS) is 14.8. The molecule has 35 heavy (non-hydrogen) atoms. The van der Waals surface area contributed by atoms with Gasteiger partial charge in [0.25, 0.3) is 17.7 Å². The molecule has 1 N–H and O–H groups in total. The van der Waals surface area contributed by atoms with Crippen molar-refractivity contribution >= 4 is 29.1 Å². The molecule has 1 aliphatic heterocycles. The maximum absolute atomic E-state index is 13.1. The second-order valence-corrected chi connectivity index (χ2v) is 8.70. The van der Waals surface area contributed by atoms with Crippen LogP contribution in [0.2, 0.25) is 0 Å². The number of carbonyl (C=O) groups is 3. The van der Waals surface area contributed by atoms with E-state index in [0.717, 1.165) is 28.9 Å². The SMILES string of the molecule is Cc1ccccc1N1C(=O)c2ccc(C(=O)Nc3ccc(-c4nnnn4C4CC4)cc3)cc2C1=O. The second kappa shape index (κ2) is 7.98. The Bertz CT molecular complexity index is 1500. The zero-order valence-electron chi connectivity index (χ0n) is 18.8. The summed E-state index contributed by atoms with van der Waals surface area (Å²) in [5, 5.41) is 14.8. The molecular weight excluding hydrogens is 444 g/mol. The van der Waals surface area contributed by atoms with Crippen molar-refractivity contribution in [3.8, 4) is 11.4 Å². The van der Waals surface area contributed by atoms with Crippen LogP contribution >= 0.6 is 0 Å². The molecule has 9 heteroatoms. The first-order chi connectivity index (χ1) is 17.0. The highest BCUT2D eigenvalue weighted by atomic mass is 16.2. The van der Waals surface area contributed by atoms with Gasteiger partial charge in [-0.1, -0.05) is 18.2 Å². The molecule has 0 spiro atoms. The van der Waals surface area contributed by atoms with Crippen LogP contribution in [-0.2, 0) is 0 Å². The van der Waals surface area contributed by atoms with Gasteiger partial charge in [0, 0.05) is 16.8 Å². The van der Waals surface area contributed by atoms with Crippen molar-refractivity contribution in [2.24, 2.45) is 0 Å². The van der Waals surface area contributed by atoms with Crippen LogP contribution in [0.1, 0.15) is 55.5 Å². The number of hydrogen-bond donors (Lipinski definition) is 1. The van der Waals surface area contributed by atoms with Gasteiger partial charge < -0.3 is 5.32 Å². The van der Waals surface area contributed by atoms with Crippen LogP contribution in [0.25, 0.3) is 11.4 Å². The Hall–Kier alpha value is -4.66. The van der Waals surface area contributed by atoms with Crippen LogP contribution in [0.3, 0.4) is 0 Å². The summed E-state index contributed by atoms with van der Waals surface area (Å²) in [5.41, 5.74) is 3.59. The number of rotatable bonds is 5. The summed E-state index contributed by atoms with van der Waals surface area (Å²) >= 11 is 0. The van der Waals surface area contributed by atoms with Crippen LogP contribution in [-0.4, -0.2) is 37.9 Å². The predicted molar refractivity (Wildman–Crippen MR) is 128 cm³/mol. The minimum absolute atomic E-state index is 0.216. The predicted octanol–water partition coefficient (Wildman–Crippen LogP) is 4.04. The van der Waals surface area contributed by atoms with E-state index in [1.165, 1.54) is 12.1 Å². The highest BCUT2D eigenvalue weighted by molar-refractivity contribution is 6.35. The molecule has 0 atom stereocenters. The molecule has 1 saturated carbocycles. The van der Waals surface area contributed by atoms with Crippen molar-refractivity contribution in [2.75, 3.05) is 10.2 Å². The maximum atomic E-state index is 13.1. The van der Waals surface area contributed by atoms with Gasteiger partial charge in [-0.15, -0.1) is 5.10 Å². The maximum Gasteiger partial charge on any atom is 0.266 e. The Morgan fingerprint density at radius 2 is 1.69 bits per heavy atom. The van der Waals surface area contributed by atoms with Gasteiger partial charge >= 0.3 is 0 Å². The fraction of sp³-hybridized carbons (Fsp3) is 0.154. The Morgan fingerprint density at radius 3 is 2.43 bits per heavy atom. The molecule has 172 valence electrons. The van der Waals surface area contributed by atoms with Crippen molar-refractivity contribution < 1.29 is 14.4 Å². The zero-order valence-corrected chi connectivity index (χ0v) is 18.8. The fourth-order valence-corrected chi connectivity index (χ4v) is 4.27. The Balaban J connectivity index is 1.22. The molecule has 0 bridgehead atoms. The van der Waals surface area contributed by atoms with E-state index in [9.17, 15) is 14.4 Å². The van der Waals surface area contributed by atoms with E-state index in [2.05, 4.69) is 20.8 Å². The standard InChI is InChI=1S/C26H20N6O3/c1-15-4-2-3-5-22(15)31-25(34)20-13-8-17(14-21(20)26(31)35)24(33)27-18-9-6-16(7-10-18)23-28-29-30-32(23)19-11-12-19/h2-10,13-14,19H,11-12H2,1H3,(H,27,33). The van der Waals surface area contributed by atoms with Gasteiger partial charge in [-0.3, -0.25) is 14.4 Å². The first kappa shape index (κ1) is 20.9. The topological polar surface area (TPSA) is 110 Å². The molecule has 9 nitrogen and oxygen atoms in total. The molecule has 0 unspecified atom stereocenters. The first-order valence-electron chi connectivity index (χ1n) is 11.3. The summed E-state index contributed by atoms with van der Waals surface area (Å²) in [5.74, 6) is -0.509. The van der Waals surface area contributed by atoms with Crippen molar-refractivity contribution in [3.63, 3.8) is 0 Å².